The number of unbranched alkanes of at least 4 members (excludes halogenated alkanes) is 1. The molecule has 3 aromatic carbocycles. The first-order chi connectivity index (χ1) is 15.2. The van der Waals surface area contributed by atoms with Crippen LogP contribution >= 0.6 is 0 Å². The van der Waals surface area contributed by atoms with E-state index in [2.05, 4.69) is 22.2 Å². The van der Waals surface area contributed by atoms with Gasteiger partial charge in [-0.25, -0.2) is 4.98 Å². The summed E-state index contributed by atoms with van der Waals surface area (Å²) in [4.78, 5) is 20.9. The number of H-pyrrole nitrogens is 1. The van der Waals surface area contributed by atoms with E-state index in [9.17, 15) is 4.79 Å². The number of aromatic amines is 1. The molecule has 0 radical (unpaired) electrons. The highest BCUT2D eigenvalue weighted by atomic mass is 16.5. The SMILES string of the molecule is CCCCOc1cccc(C(=O)Nc2cc(-c3nc4ccccc4[nH]3)ccc2OC)c1. The van der Waals surface area contributed by atoms with Crippen molar-refractivity contribution in [3.63, 3.8) is 0 Å². The molecule has 4 aromatic rings. The minimum absolute atomic E-state index is 0.235. The molecular formula is C25H25N3O3. The number of imidazole rings is 1. The van der Waals surface area contributed by atoms with Crippen LogP contribution in [0.15, 0.2) is 66.7 Å². The number of hydrogen-bond acceptors (Lipinski definition) is 4. The molecule has 1 amide bonds. The van der Waals surface area contributed by atoms with Gasteiger partial charge in [-0.1, -0.05) is 31.5 Å². The number of aromatic nitrogens is 2. The molecule has 0 spiro atoms. The molecule has 0 saturated carbocycles. The topological polar surface area (TPSA) is 76.2 Å². The Morgan fingerprint density at radius 1 is 1.06 bits per heavy atom. The lowest BCUT2D eigenvalue weighted by Gasteiger charge is -2.12. The number of carbonyl (C=O) groups excluding carboxylic acids is 1. The fourth-order valence-corrected chi connectivity index (χ4v) is 3.30. The summed E-state index contributed by atoms with van der Waals surface area (Å²) in [6.07, 6.45) is 2.03. The molecule has 0 fully saturated rings. The maximum absolute atomic E-state index is 12.9. The van der Waals surface area contributed by atoms with Crippen molar-refractivity contribution in [3.05, 3.63) is 72.3 Å². The highest BCUT2D eigenvalue weighted by molar-refractivity contribution is 6.05. The summed E-state index contributed by atoms with van der Waals surface area (Å²) >= 11 is 0. The molecule has 1 aromatic heterocycles. The first kappa shape index (κ1) is 20.5. The van der Waals surface area contributed by atoms with Crippen molar-refractivity contribution in [2.24, 2.45) is 0 Å². The summed E-state index contributed by atoms with van der Waals surface area (Å²) in [6.45, 7) is 2.75. The molecule has 0 bridgehead atoms. The number of anilines is 1. The van der Waals surface area contributed by atoms with Crippen LogP contribution in [0, 0.1) is 0 Å². The average molecular weight is 415 g/mol. The molecule has 2 N–H and O–H groups in total. The number of carbonyl (C=O) groups is 1. The Kier molecular flexibility index (Phi) is 6.17. The molecule has 0 atom stereocenters. The van der Waals surface area contributed by atoms with Crippen LogP contribution in [0.3, 0.4) is 0 Å². The van der Waals surface area contributed by atoms with Crippen molar-refractivity contribution in [1.82, 2.24) is 9.97 Å². The van der Waals surface area contributed by atoms with Crippen LogP contribution < -0.4 is 14.8 Å². The van der Waals surface area contributed by atoms with Gasteiger partial charge in [0.05, 0.1) is 30.4 Å². The molecule has 6 nitrogen and oxygen atoms in total. The van der Waals surface area contributed by atoms with Gasteiger partial charge in [0.2, 0.25) is 0 Å². The quantitative estimate of drug-likeness (QED) is 0.364. The summed E-state index contributed by atoms with van der Waals surface area (Å²) in [7, 11) is 1.58. The smallest absolute Gasteiger partial charge is 0.255 e. The summed E-state index contributed by atoms with van der Waals surface area (Å²) in [5.74, 6) is 1.75. The Bertz CT molecular complexity index is 1170. The van der Waals surface area contributed by atoms with E-state index in [0.717, 1.165) is 35.3 Å². The number of amides is 1. The average Bonchev–Trinajstić information content (AvgIpc) is 3.24. The van der Waals surface area contributed by atoms with Gasteiger partial charge in [0.25, 0.3) is 5.91 Å². The Hall–Kier alpha value is -3.80. The lowest BCUT2D eigenvalue weighted by Crippen LogP contribution is -2.13. The molecule has 31 heavy (non-hydrogen) atoms. The molecule has 0 aliphatic heterocycles. The van der Waals surface area contributed by atoms with Gasteiger partial charge >= 0.3 is 0 Å². The van der Waals surface area contributed by atoms with Crippen molar-refractivity contribution in [2.75, 3.05) is 19.0 Å². The monoisotopic (exact) mass is 415 g/mol. The Balaban J connectivity index is 1.58. The van der Waals surface area contributed by atoms with Crippen LogP contribution in [0.5, 0.6) is 11.5 Å². The van der Waals surface area contributed by atoms with E-state index in [1.807, 2.05) is 54.6 Å². The van der Waals surface area contributed by atoms with Gasteiger partial charge in [-0.2, -0.15) is 0 Å². The summed E-state index contributed by atoms with van der Waals surface area (Å²) in [6, 6.07) is 20.6. The maximum Gasteiger partial charge on any atom is 0.255 e. The first-order valence-corrected chi connectivity index (χ1v) is 10.4. The van der Waals surface area contributed by atoms with E-state index >= 15 is 0 Å². The van der Waals surface area contributed by atoms with Crippen molar-refractivity contribution in [2.45, 2.75) is 19.8 Å². The van der Waals surface area contributed by atoms with Gasteiger partial charge < -0.3 is 19.8 Å². The number of rotatable bonds is 8. The number of nitrogens with zero attached hydrogens (tertiary/aromatic N) is 1. The number of methoxy groups -OCH3 is 1. The normalized spacial score (nSPS) is 10.8. The van der Waals surface area contributed by atoms with Crippen molar-refractivity contribution in [1.29, 1.82) is 0 Å². The fourth-order valence-electron chi connectivity index (χ4n) is 3.30. The van der Waals surface area contributed by atoms with Gasteiger partial charge in [-0.15, -0.1) is 0 Å². The first-order valence-electron chi connectivity index (χ1n) is 10.4. The Labute approximate surface area is 181 Å². The van der Waals surface area contributed by atoms with Crippen molar-refractivity contribution in [3.8, 4) is 22.9 Å². The van der Waals surface area contributed by atoms with Gasteiger partial charge in [0.15, 0.2) is 0 Å². The van der Waals surface area contributed by atoms with Gasteiger partial charge in [0.1, 0.15) is 17.3 Å². The second kappa shape index (κ2) is 9.34. The van der Waals surface area contributed by atoms with Crippen molar-refractivity contribution < 1.29 is 14.3 Å². The minimum atomic E-state index is -0.235. The highest BCUT2D eigenvalue weighted by Gasteiger charge is 2.13. The van der Waals surface area contributed by atoms with Crippen LogP contribution in [-0.2, 0) is 0 Å². The molecule has 1 heterocycles. The second-order valence-electron chi connectivity index (χ2n) is 7.20. The molecule has 0 aliphatic carbocycles. The number of para-hydroxylation sites is 2. The molecule has 0 aliphatic rings. The van der Waals surface area contributed by atoms with E-state index in [-0.39, 0.29) is 5.91 Å². The third-order valence-electron chi connectivity index (χ3n) is 4.97. The minimum Gasteiger partial charge on any atom is -0.495 e. The lowest BCUT2D eigenvalue weighted by molar-refractivity contribution is 0.102. The van der Waals surface area contributed by atoms with E-state index < -0.39 is 0 Å². The summed E-state index contributed by atoms with van der Waals surface area (Å²) in [5, 5.41) is 2.95. The molecule has 0 saturated heterocycles. The largest absolute Gasteiger partial charge is 0.495 e. The van der Waals surface area contributed by atoms with Crippen LogP contribution in [0.1, 0.15) is 30.1 Å². The zero-order valence-corrected chi connectivity index (χ0v) is 17.6. The molecular weight excluding hydrogens is 390 g/mol. The van der Waals surface area contributed by atoms with E-state index in [1.165, 1.54) is 0 Å². The molecule has 158 valence electrons. The van der Waals surface area contributed by atoms with Crippen LogP contribution in [0.4, 0.5) is 5.69 Å². The Morgan fingerprint density at radius 2 is 1.94 bits per heavy atom. The van der Waals surface area contributed by atoms with Crippen molar-refractivity contribution >= 4 is 22.6 Å². The van der Waals surface area contributed by atoms with E-state index in [4.69, 9.17) is 9.47 Å². The van der Waals surface area contributed by atoms with Gasteiger partial charge in [-0.05, 0) is 55.0 Å². The standard InChI is InChI=1S/C25H25N3O3/c1-3-4-14-31-19-9-7-8-18(15-19)25(29)28-22-16-17(12-13-23(22)30-2)24-26-20-10-5-6-11-21(20)27-24/h5-13,15-16H,3-4,14H2,1-2H3,(H,26,27)(H,28,29). The molecule has 4 rings (SSSR count). The lowest BCUT2D eigenvalue weighted by atomic mass is 10.1. The second-order valence-corrected chi connectivity index (χ2v) is 7.20. The van der Waals surface area contributed by atoms with E-state index in [1.54, 1.807) is 19.2 Å². The number of nitrogens with one attached hydrogen (secondary N) is 2. The van der Waals surface area contributed by atoms with Crippen LogP contribution in [-0.4, -0.2) is 29.6 Å². The predicted octanol–water partition coefficient (Wildman–Crippen LogP) is 5.67. The van der Waals surface area contributed by atoms with Gasteiger partial charge in [-0.3, -0.25) is 4.79 Å². The number of benzene rings is 3. The van der Waals surface area contributed by atoms with Gasteiger partial charge in [0, 0.05) is 11.1 Å². The summed E-state index contributed by atoms with van der Waals surface area (Å²) < 4.78 is 11.2. The molecule has 6 heteroatoms. The number of hydrogen-bond donors (Lipinski definition) is 2. The maximum atomic E-state index is 12.9. The highest BCUT2D eigenvalue weighted by Crippen LogP contribution is 2.31. The zero-order chi connectivity index (χ0) is 21.6. The third kappa shape index (κ3) is 4.69. The fraction of sp³-hybridized carbons (Fsp3) is 0.200. The van der Waals surface area contributed by atoms with E-state index in [0.29, 0.717) is 29.4 Å². The van der Waals surface area contributed by atoms with Crippen LogP contribution in [0.25, 0.3) is 22.4 Å². The zero-order valence-electron chi connectivity index (χ0n) is 17.6. The summed E-state index contributed by atoms with van der Waals surface area (Å²) in [5.41, 5.74) is 3.79. The third-order valence-corrected chi connectivity index (χ3v) is 4.97. The Morgan fingerprint density at radius 3 is 2.74 bits per heavy atom. The van der Waals surface area contributed by atoms with Crippen LogP contribution in [0.2, 0.25) is 0 Å². The number of fused-ring (bicyclic) bond motifs is 1. The molecule has 0 unspecified atom stereocenters. The number of ether oxygens (including phenoxy) is 2. The predicted molar refractivity (Wildman–Crippen MR) is 123 cm³/mol.